The number of ether oxygens (including phenoxy) is 1. The fourth-order valence-corrected chi connectivity index (χ4v) is 1.73. The van der Waals surface area contributed by atoms with Crippen molar-refractivity contribution in [2.24, 2.45) is 0 Å². The van der Waals surface area contributed by atoms with Crippen molar-refractivity contribution >= 4 is 11.4 Å². The summed E-state index contributed by atoms with van der Waals surface area (Å²) in [6.45, 7) is 2.63. The number of benzene rings is 2. The van der Waals surface area contributed by atoms with Crippen molar-refractivity contribution in [2.45, 2.75) is 6.92 Å². The number of hydrogen-bond donors (Lipinski definition) is 2. The van der Waals surface area contributed by atoms with E-state index >= 15 is 0 Å². The van der Waals surface area contributed by atoms with E-state index in [1.807, 2.05) is 43.3 Å². The fourth-order valence-electron chi connectivity index (χ4n) is 1.73. The first-order valence-corrected chi connectivity index (χ1v) is 5.59. The Hall–Kier alpha value is -2.16. The molecular weight excluding hydrogens is 212 g/mol. The molecule has 0 bridgehead atoms. The van der Waals surface area contributed by atoms with Gasteiger partial charge in [-0.2, -0.15) is 0 Å². The summed E-state index contributed by atoms with van der Waals surface area (Å²) in [5, 5.41) is 0. The average molecular weight is 228 g/mol. The highest BCUT2D eigenvalue weighted by Gasteiger charge is 2.04. The molecule has 3 heteroatoms. The van der Waals surface area contributed by atoms with Crippen LogP contribution in [0.5, 0.6) is 5.75 Å². The quantitative estimate of drug-likeness (QED) is 0.794. The highest BCUT2D eigenvalue weighted by Crippen LogP contribution is 2.30. The van der Waals surface area contributed by atoms with Gasteiger partial charge in [-0.1, -0.05) is 24.3 Å². The number of para-hydroxylation sites is 1. The Labute approximate surface area is 101 Å². The minimum atomic E-state index is 0.608. The van der Waals surface area contributed by atoms with Gasteiger partial charge >= 0.3 is 0 Å². The maximum Gasteiger partial charge on any atom is 0.119 e. The molecule has 0 fully saturated rings. The predicted octanol–water partition coefficient (Wildman–Crippen LogP) is 2.92. The number of rotatable bonds is 3. The van der Waals surface area contributed by atoms with Gasteiger partial charge in [0.1, 0.15) is 5.75 Å². The van der Waals surface area contributed by atoms with Crippen molar-refractivity contribution in [3.8, 4) is 16.9 Å². The summed E-state index contributed by atoms with van der Waals surface area (Å²) in [6, 6.07) is 13.5. The Morgan fingerprint density at radius 3 is 2.35 bits per heavy atom. The minimum absolute atomic E-state index is 0.608. The van der Waals surface area contributed by atoms with Crippen LogP contribution in [-0.2, 0) is 0 Å². The van der Waals surface area contributed by atoms with E-state index in [9.17, 15) is 0 Å². The van der Waals surface area contributed by atoms with Crippen LogP contribution >= 0.6 is 0 Å². The van der Waals surface area contributed by atoms with Crippen LogP contribution in [-0.4, -0.2) is 6.61 Å². The Bertz CT molecular complexity index is 506. The molecule has 0 saturated carbocycles. The molecule has 0 amide bonds. The van der Waals surface area contributed by atoms with Gasteiger partial charge in [-0.15, -0.1) is 0 Å². The molecule has 3 nitrogen and oxygen atoms in total. The maximum absolute atomic E-state index is 5.96. The molecule has 0 unspecified atom stereocenters. The van der Waals surface area contributed by atoms with E-state index in [0.29, 0.717) is 18.0 Å². The largest absolute Gasteiger partial charge is 0.494 e. The molecule has 0 aliphatic rings. The normalized spacial score (nSPS) is 10.2. The summed E-state index contributed by atoms with van der Waals surface area (Å²) < 4.78 is 5.39. The first kappa shape index (κ1) is 11.3. The van der Waals surface area contributed by atoms with Crippen LogP contribution in [0.2, 0.25) is 0 Å². The summed E-state index contributed by atoms with van der Waals surface area (Å²) in [5.41, 5.74) is 15.0. The van der Waals surface area contributed by atoms with Crippen LogP contribution in [0.15, 0.2) is 42.5 Å². The third-order valence-corrected chi connectivity index (χ3v) is 2.62. The number of hydrogen-bond acceptors (Lipinski definition) is 3. The second-order valence-corrected chi connectivity index (χ2v) is 3.77. The van der Waals surface area contributed by atoms with Crippen molar-refractivity contribution in [3.05, 3.63) is 42.5 Å². The fraction of sp³-hybridized carbons (Fsp3) is 0.143. The van der Waals surface area contributed by atoms with Crippen molar-refractivity contribution in [2.75, 3.05) is 18.1 Å². The van der Waals surface area contributed by atoms with Gasteiger partial charge in [0.15, 0.2) is 0 Å². The summed E-state index contributed by atoms with van der Waals surface area (Å²) >= 11 is 0. The lowest BCUT2D eigenvalue weighted by Gasteiger charge is -2.09. The van der Waals surface area contributed by atoms with Gasteiger partial charge in [0.2, 0.25) is 0 Å². The molecule has 0 radical (unpaired) electrons. The smallest absolute Gasteiger partial charge is 0.119 e. The van der Waals surface area contributed by atoms with E-state index in [0.717, 1.165) is 16.9 Å². The molecule has 0 aliphatic heterocycles. The second kappa shape index (κ2) is 4.78. The summed E-state index contributed by atoms with van der Waals surface area (Å²) in [4.78, 5) is 0. The van der Waals surface area contributed by atoms with Crippen LogP contribution in [0.4, 0.5) is 11.4 Å². The van der Waals surface area contributed by atoms with Crippen molar-refractivity contribution in [1.82, 2.24) is 0 Å². The molecule has 17 heavy (non-hydrogen) atoms. The Morgan fingerprint density at radius 1 is 1.00 bits per heavy atom. The first-order valence-electron chi connectivity index (χ1n) is 5.59. The molecular formula is C14H16N2O. The van der Waals surface area contributed by atoms with Crippen LogP contribution in [0.25, 0.3) is 11.1 Å². The molecule has 0 saturated heterocycles. The summed E-state index contributed by atoms with van der Waals surface area (Å²) in [6.07, 6.45) is 0. The standard InChI is InChI=1S/C14H16N2O/c1-2-17-11-8-6-10(7-9-11)12-4-3-5-13(15)14(12)16/h3-9H,2,15-16H2,1H3. The van der Waals surface area contributed by atoms with Crippen molar-refractivity contribution < 1.29 is 4.74 Å². The van der Waals surface area contributed by atoms with Crippen LogP contribution in [0.3, 0.4) is 0 Å². The third-order valence-electron chi connectivity index (χ3n) is 2.62. The summed E-state index contributed by atoms with van der Waals surface area (Å²) in [7, 11) is 0. The maximum atomic E-state index is 5.96. The molecule has 2 aromatic rings. The Kier molecular flexibility index (Phi) is 3.19. The topological polar surface area (TPSA) is 61.3 Å². The molecule has 88 valence electrons. The third kappa shape index (κ3) is 2.33. The lowest BCUT2D eigenvalue weighted by atomic mass is 10.0. The zero-order chi connectivity index (χ0) is 12.3. The molecule has 0 atom stereocenters. The Morgan fingerprint density at radius 2 is 1.71 bits per heavy atom. The molecule has 4 N–H and O–H groups in total. The summed E-state index contributed by atoms with van der Waals surface area (Å²) in [5.74, 6) is 0.860. The van der Waals surface area contributed by atoms with Crippen LogP contribution < -0.4 is 16.2 Å². The van der Waals surface area contributed by atoms with E-state index in [-0.39, 0.29) is 0 Å². The lowest BCUT2D eigenvalue weighted by molar-refractivity contribution is 0.340. The van der Waals surface area contributed by atoms with Crippen molar-refractivity contribution in [1.29, 1.82) is 0 Å². The minimum Gasteiger partial charge on any atom is -0.494 e. The van der Waals surface area contributed by atoms with E-state index in [2.05, 4.69) is 0 Å². The van der Waals surface area contributed by atoms with E-state index in [1.54, 1.807) is 6.07 Å². The van der Waals surface area contributed by atoms with Gasteiger partial charge in [0.05, 0.1) is 18.0 Å². The van der Waals surface area contributed by atoms with E-state index < -0.39 is 0 Å². The lowest BCUT2D eigenvalue weighted by Crippen LogP contribution is -1.97. The van der Waals surface area contributed by atoms with Gasteiger partial charge in [0.25, 0.3) is 0 Å². The molecule has 2 aromatic carbocycles. The van der Waals surface area contributed by atoms with E-state index in [1.165, 1.54) is 0 Å². The average Bonchev–Trinajstić information content (AvgIpc) is 2.34. The van der Waals surface area contributed by atoms with Gasteiger partial charge in [-0.05, 0) is 30.7 Å². The highest BCUT2D eigenvalue weighted by molar-refractivity contribution is 5.84. The first-order chi connectivity index (χ1) is 8.22. The van der Waals surface area contributed by atoms with Gasteiger partial charge < -0.3 is 16.2 Å². The monoisotopic (exact) mass is 228 g/mol. The zero-order valence-electron chi connectivity index (χ0n) is 9.81. The zero-order valence-corrected chi connectivity index (χ0v) is 9.81. The van der Waals surface area contributed by atoms with Crippen LogP contribution in [0.1, 0.15) is 6.92 Å². The number of anilines is 2. The number of nitrogen functional groups attached to an aromatic ring is 2. The van der Waals surface area contributed by atoms with E-state index in [4.69, 9.17) is 16.2 Å². The van der Waals surface area contributed by atoms with Gasteiger partial charge in [0, 0.05) is 5.56 Å². The second-order valence-electron chi connectivity index (χ2n) is 3.77. The Balaban J connectivity index is 2.36. The predicted molar refractivity (Wildman–Crippen MR) is 71.9 cm³/mol. The van der Waals surface area contributed by atoms with Crippen LogP contribution in [0, 0.1) is 0 Å². The molecule has 0 aliphatic carbocycles. The van der Waals surface area contributed by atoms with Gasteiger partial charge in [-0.25, -0.2) is 0 Å². The molecule has 2 rings (SSSR count). The molecule has 0 aromatic heterocycles. The molecule has 0 spiro atoms. The van der Waals surface area contributed by atoms with Gasteiger partial charge in [-0.3, -0.25) is 0 Å². The highest BCUT2D eigenvalue weighted by atomic mass is 16.5. The number of nitrogens with two attached hydrogens (primary N) is 2. The SMILES string of the molecule is CCOc1ccc(-c2cccc(N)c2N)cc1. The van der Waals surface area contributed by atoms with Crippen molar-refractivity contribution in [3.63, 3.8) is 0 Å². The molecule has 0 heterocycles.